The van der Waals surface area contributed by atoms with Crippen LogP contribution in [0.25, 0.3) is 49.1 Å². The lowest BCUT2D eigenvalue weighted by Gasteiger charge is -2.23. The fourth-order valence-electron chi connectivity index (χ4n) is 8.41. The minimum absolute atomic E-state index is 0.0419. The fourth-order valence-corrected chi connectivity index (χ4v) is 14.0. The summed E-state index contributed by atoms with van der Waals surface area (Å²) in [7, 11) is 3.05. The Kier molecular flexibility index (Phi) is 18.2. The zero-order chi connectivity index (χ0) is 56.8. The van der Waals surface area contributed by atoms with Crippen LogP contribution in [0, 0.1) is 12.8 Å². The van der Waals surface area contributed by atoms with E-state index in [-0.39, 0.29) is 79.6 Å². The molecule has 7 aromatic heterocycles. The summed E-state index contributed by atoms with van der Waals surface area (Å²) in [6.45, 7) is 9.95. The number of aliphatic carboxylic acids is 1. The maximum atomic E-state index is 14.4. The predicted octanol–water partition coefficient (Wildman–Crippen LogP) is 8.83. The first-order chi connectivity index (χ1) is 38.5. The number of amides is 4. The first kappa shape index (κ1) is 57.3. The summed E-state index contributed by atoms with van der Waals surface area (Å²) in [6.07, 6.45) is -1.93. The Hall–Kier alpha value is -7.37. The molecule has 1 aliphatic rings. The number of aliphatic hydroxyl groups excluding tert-OH is 1. The van der Waals surface area contributed by atoms with Gasteiger partial charge in [0.25, 0.3) is 5.91 Å². The van der Waals surface area contributed by atoms with Crippen LogP contribution in [-0.4, -0.2) is 101 Å². The van der Waals surface area contributed by atoms with E-state index in [0.717, 1.165) is 4.88 Å². The molecule has 0 unspecified atom stereocenters. The Morgan fingerprint density at radius 1 is 0.762 bits per heavy atom. The number of fused-ring (bicyclic) bond motifs is 14. The molecule has 0 radical (unpaired) electrons. The number of thiazole rings is 6. The van der Waals surface area contributed by atoms with E-state index >= 15 is 0 Å². The molecule has 8 heterocycles. The second kappa shape index (κ2) is 25.4. The first-order valence-electron chi connectivity index (χ1n) is 24.8. The smallest absolute Gasteiger partial charge is 0.303 e. The number of ketones is 1. The second-order valence-corrected chi connectivity index (χ2v) is 24.4. The van der Waals surface area contributed by atoms with Crippen LogP contribution >= 0.6 is 68.0 Å². The number of hydrogen-bond acceptors (Lipinski definition) is 22. The highest BCUT2D eigenvalue weighted by Crippen LogP contribution is 2.41. The molecule has 0 spiro atoms. The molecule has 414 valence electrons. The molecule has 1 aliphatic heterocycles. The van der Waals surface area contributed by atoms with Gasteiger partial charge in [-0.05, 0) is 30.5 Å². The molecule has 21 nitrogen and oxygen atoms in total. The third-order valence-corrected chi connectivity index (χ3v) is 18.3. The number of Topliss-reactive ketones (excluding diaryl/α,β-unsaturated/α-hetero) is 1. The first-order valence-corrected chi connectivity index (χ1v) is 29.9. The van der Waals surface area contributed by atoms with E-state index < -0.39 is 41.9 Å². The van der Waals surface area contributed by atoms with Gasteiger partial charge < -0.3 is 41.5 Å². The van der Waals surface area contributed by atoms with Crippen molar-refractivity contribution in [3.63, 3.8) is 0 Å². The van der Waals surface area contributed by atoms with Crippen LogP contribution in [0.2, 0.25) is 0 Å². The van der Waals surface area contributed by atoms with E-state index in [0.29, 0.717) is 80.2 Å². The number of carboxylic acids is 1. The average molecular weight is 1190 g/mol. The normalized spacial score (nSPS) is 16.6. The SMILES string of the molecule is C=C1NCC(=O)N[C@@H]([C@@H](O)c2ccccc2)c2nc(cs2)-c2nc(cs2)-c2nc(-c3nc(NC(=O)CCC(=O)O)cs3)ccc2-c2nc(cs2)C(=O)N[C@@H](CC(=O)NC)c2nc(c(C)s2)C(=O)C[C@H](C(C)C)c2nc1c(COC)s2. The maximum Gasteiger partial charge on any atom is 0.303 e. The maximum absolute atomic E-state index is 14.4. The number of nitrogens with one attached hydrogen (secondary N) is 5. The lowest BCUT2D eigenvalue weighted by Crippen LogP contribution is -2.38. The van der Waals surface area contributed by atoms with Crippen LogP contribution in [0.1, 0.15) is 121 Å². The number of pyridine rings is 1. The van der Waals surface area contributed by atoms with Gasteiger partial charge in [0.15, 0.2) is 5.78 Å². The van der Waals surface area contributed by atoms with Gasteiger partial charge in [0, 0.05) is 64.9 Å². The number of carboxylic acid groups (broad SMARTS) is 1. The third kappa shape index (κ3) is 13.3. The van der Waals surface area contributed by atoms with Gasteiger partial charge in [0.1, 0.15) is 77.2 Å². The number of rotatable bonds is 12. The molecule has 80 heavy (non-hydrogen) atoms. The van der Waals surface area contributed by atoms with E-state index in [1.807, 2.05) is 19.9 Å². The van der Waals surface area contributed by atoms with Crippen molar-refractivity contribution >= 4 is 115 Å². The summed E-state index contributed by atoms with van der Waals surface area (Å²) >= 11 is 7.49. The molecule has 8 aromatic rings. The molecule has 0 saturated carbocycles. The zero-order valence-electron chi connectivity index (χ0n) is 43.5. The number of anilines is 1. The number of aromatic nitrogens is 7. The molecule has 10 bridgehead atoms. The zero-order valence-corrected chi connectivity index (χ0v) is 48.4. The number of carbonyl (C=O) groups is 6. The molecule has 4 atom stereocenters. The summed E-state index contributed by atoms with van der Waals surface area (Å²) < 4.78 is 5.57. The van der Waals surface area contributed by atoms with Crippen LogP contribution in [0.3, 0.4) is 0 Å². The van der Waals surface area contributed by atoms with Crippen molar-refractivity contribution in [2.24, 2.45) is 5.92 Å². The van der Waals surface area contributed by atoms with E-state index in [1.165, 1.54) is 75.1 Å². The Morgan fingerprint density at radius 2 is 1.48 bits per heavy atom. The van der Waals surface area contributed by atoms with Crippen molar-refractivity contribution < 1.29 is 43.7 Å². The van der Waals surface area contributed by atoms with Gasteiger partial charge >= 0.3 is 5.97 Å². The van der Waals surface area contributed by atoms with Gasteiger partial charge in [-0.3, -0.25) is 28.8 Å². The van der Waals surface area contributed by atoms with Gasteiger partial charge in [-0.1, -0.05) is 50.8 Å². The summed E-state index contributed by atoms with van der Waals surface area (Å²) in [6, 6.07) is 10.5. The number of benzene rings is 1. The largest absolute Gasteiger partial charge is 0.481 e. The van der Waals surface area contributed by atoms with Gasteiger partial charge in [0.05, 0.1) is 53.3 Å². The number of nitrogens with zero attached hydrogens (tertiary/aromatic N) is 7. The molecule has 1 aromatic carbocycles. The highest BCUT2D eigenvalue weighted by Gasteiger charge is 2.32. The second-order valence-electron chi connectivity index (χ2n) is 18.5. The minimum Gasteiger partial charge on any atom is -0.481 e. The molecule has 9 rings (SSSR count). The molecule has 4 amide bonds. The highest BCUT2D eigenvalue weighted by molar-refractivity contribution is 7.15. The number of aryl methyl sites for hydroxylation is 1. The van der Waals surface area contributed by atoms with Crippen molar-refractivity contribution in [3.05, 3.63) is 118 Å². The molecule has 0 saturated heterocycles. The highest BCUT2D eigenvalue weighted by atomic mass is 32.1. The Labute approximate surface area is 482 Å². The van der Waals surface area contributed by atoms with Crippen molar-refractivity contribution in [2.75, 3.05) is 26.0 Å². The summed E-state index contributed by atoms with van der Waals surface area (Å²) in [4.78, 5) is 115. The van der Waals surface area contributed by atoms with Gasteiger partial charge in [-0.2, -0.15) is 0 Å². The van der Waals surface area contributed by atoms with Gasteiger partial charge in [0.2, 0.25) is 17.7 Å². The summed E-state index contributed by atoms with van der Waals surface area (Å²) in [5, 5.41) is 44.8. The van der Waals surface area contributed by atoms with Gasteiger partial charge in [-0.25, -0.2) is 34.9 Å². The number of aliphatic hydroxyl groups is 1. The monoisotopic (exact) mass is 1190 g/mol. The third-order valence-electron chi connectivity index (χ3n) is 12.6. The van der Waals surface area contributed by atoms with E-state index in [1.54, 1.807) is 72.0 Å². The summed E-state index contributed by atoms with van der Waals surface area (Å²) in [5.74, 6) is -3.50. The van der Waals surface area contributed by atoms with Crippen molar-refractivity contribution in [1.29, 1.82) is 0 Å². The molecule has 27 heteroatoms. The predicted molar refractivity (Wildman–Crippen MR) is 309 cm³/mol. The fraction of sp³-hybridized carbons (Fsp3) is 0.302. The van der Waals surface area contributed by atoms with Crippen LogP contribution in [0.5, 0.6) is 0 Å². The number of methoxy groups -OCH3 is 1. The molecule has 7 N–H and O–H groups in total. The van der Waals surface area contributed by atoms with Crippen LogP contribution in [0.4, 0.5) is 5.82 Å². The van der Waals surface area contributed by atoms with Crippen molar-refractivity contribution in [2.45, 2.75) is 77.2 Å². The van der Waals surface area contributed by atoms with Crippen molar-refractivity contribution in [3.8, 4) is 43.4 Å². The van der Waals surface area contributed by atoms with Crippen LogP contribution < -0.4 is 26.6 Å². The standard InChI is InChI=1S/C53H52N12O9S6/c1-24(2)29-16-35(66)43-26(4)79-52(65-43)31(17-39(68)54-5)57-47(73)33-21-75-48(59-33)28-12-13-30(50-62-37(23-78-50)61-38(67)14-15-41(70)71)56-44(28)32-20-76-51(58-32)34-22-77-53(60-34)45(46(72)27-10-8-7-9-11-27)63-40(69)18-55-25(3)42-36(19-74-6)80-49(29)64-42/h7-13,20-24,29,31,45-46,55,72H,3,14-19H2,1-2,4-6H3,(H,54,68)(H,57,73)(H,61,67)(H,63,69)(H,70,71)/t29-,31+,45+,46+/m1/s1. The Morgan fingerprint density at radius 3 is 2.23 bits per heavy atom. The summed E-state index contributed by atoms with van der Waals surface area (Å²) in [5.41, 5.74) is 3.78. The molecule has 0 aliphatic carbocycles. The van der Waals surface area contributed by atoms with E-state index in [9.17, 15) is 33.9 Å². The number of hydrogen-bond donors (Lipinski definition) is 7. The molecular weight excluding hydrogens is 1140 g/mol. The quantitative estimate of drug-likeness (QED) is 0.0601. The molecule has 0 fully saturated rings. The topological polar surface area (TPSA) is 302 Å². The number of ether oxygens (including phenoxy) is 1. The lowest BCUT2D eigenvalue weighted by atomic mass is 9.90. The van der Waals surface area contributed by atoms with E-state index in [4.69, 9.17) is 39.7 Å². The lowest BCUT2D eigenvalue weighted by molar-refractivity contribution is -0.138. The van der Waals surface area contributed by atoms with Crippen molar-refractivity contribution in [1.82, 2.24) is 56.2 Å². The minimum atomic E-state index is -1.21. The Balaban J connectivity index is 1.12. The van der Waals surface area contributed by atoms with Crippen LogP contribution in [0.15, 0.2) is 70.6 Å². The van der Waals surface area contributed by atoms with E-state index in [2.05, 4.69) is 38.1 Å². The molecular formula is C53H52N12O9S6. The van der Waals surface area contributed by atoms with Gasteiger partial charge in [-0.15, -0.1) is 68.0 Å². The Bertz CT molecular complexity index is 3620. The van der Waals surface area contributed by atoms with Crippen LogP contribution in [-0.2, 0) is 30.5 Å². The average Bonchev–Trinajstić information content (AvgIpc) is 4.34. The number of carbonyl (C=O) groups excluding carboxylic acids is 5.